The van der Waals surface area contributed by atoms with Crippen LogP contribution in [-0.2, 0) is 42.7 Å². The van der Waals surface area contributed by atoms with Crippen LogP contribution in [0.15, 0.2) is 16.8 Å². The number of esters is 2. The van der Waals surface area contributed by atoms with Gasteiger partial charge < -0.3 is 33.2 Å². The van der Waals surface area contributed by atoms with E-state index in [4.69, 9.17) is 33.2 Å². The lowest BCUT2D eigenvalue weighted by Crippen LogP contribution is -2.52. The molecule has 0 aliphatic carbocycles. The van der Waals surface area contributed by atoms with Crippen LogP contribution in [0, 0.1) is 5.92 Å². The number of ether oxygens (including phenoxy) is 7. The summed E-state index contributed by atoms with van der Waals surface area (Å²) in [6, 6.07) is -0.983. The number of hydrogen-bond acceptors (Lipinski definition) is 13. The third kappa shape index (κ3) is 9.93. The van der Waals surface area contributed by atoms with Crippen LogP contribution < -0.4 is 10.6 Å². The molecule has 2 aliphatic heterocycles. The molecular formula is C25H37N3O12. The highest BCUT2D eigenvalue weighted by Gasteiger charge is 2.48. The van der Waals surface area contributed by atoms with Crippen molar-refractivity contribution in [3.05, 3.63) is 11.8 Å². The van der Waals surface area contributed by atoms with Gasteiger partial charge in [0.15, 0.2) is 12.2 Å². The minimum Gasteiger partial charge on any atom is -0.479 e. The molecular weight excluding hydrogens is 534 g/mol. The second-order valence-corrected chi connectivity index (χ2v) is 11.0. The summed E-state index contributed by atoms with van der Waals surface area (Å²) in [5, 5.41) is 4.74. The first-order chi connectivity index (χ1) is 18.4. The zero-order valence-electron chi connectivity index (χ0n) is 24.0. The molecule has 2 amide bonds. The topological polar surface area (TPSA) is 186 Å². The predicted octanol–water partition coefficient (Wildman–Crippen LogP) is 2.32. The molecule has 2 rings (SSSR count). The Morgan fingerprint density at radius 3 is 1.98 bits per heavy atom. The Hall–Kier alpha value is -4.04. The van der Waals surface area contributed by atoms with Crippen molar-refractivity contribution < 1.29 is 57.1 Å². The first kappa shape index (κ1) is 32.2. The quantitative estimate of drug-likeness (QED) is 0.213. The van der Waals surface area contributed by atoms with Gasteiger partial charge in [0, 0.05) is 12.8 Å². The summed E-state index contributed by atoms with van der Waals surface area (Å²) < 4.78 is 36.5. The lowest BCUT2D eigenvalue weighted by atomic mass is 9.87. The Kier molecular flexibility index (Phi) is 10.4. The van der Waals surface area contributed by atoms with Gasteiger partial charge in [-0.25, -0.2) is 24.2 Å². The van der Waals surface area contributed by atoms with Gasteiger partial charge in [-0.1, -0.05) is 6.92 Å². The van der Waals surface area contributed by atoms with Gasteiger partial charge in [0.1, 0.15) is 23.9 Å². The van der Waals surface area contributed by atoms with E-state index in [1.165, 1.54) is 6.08 Å². The van der Waals surface area contributed by atoms with Crippen molar-refractivity contribution in [1.29, 1.82) is 0 Å². The molecule has 0 bridgehead atoms. The van der Waals surface area contributed by atoms with E-state index in [-0.39, 0.29) is 18.3 Å². The van der Waals surface area contributed by atoms with Gasteiger partial charge in [-0.05, 0) is 47.6 Å². The molecule has 224 valence electrons. The molecule has 0 spiro atoms. The Morgan fingerprint density at radius 1 is 1.00 bits per heavy atom. The lowest BCUT2D eigenvalue weighted by molar-refractivity contribution is -0.169. The highest BCUT2D eigenvalue weighted by atomic mass is 16.8. The van der Waals surface area contributed by atoms with Crippen LogP contribution in [0.1, 0.15) is 55.4 Å². The molecule has 0 aromatic heterocycles. The van der Waals surface area contributed by atoms with Crippen molar-refractivity contribution >= 4 is 36.2 Å². The zero-order valence-corrected chi connectivity index (χ0v) is 24.0. The largest absolute Gasteiger partial charge is 0.508 e. The number of amides is 2. The van der Waals surface area contributed by atoms with E-state index in [0.717, 1.165) is 14.0 Å². The van der Waals surface area contributed by atoms with Crippen molar-refractivity contribution in [3.63, 3.8) is 0 Å². The normalized spacial score (nSPS) is 23.1. The maximum atomic E-state index is 12.5. The molecule has 0 unspecified atom stereocenters. The number of methoxy groups -OCH3 is 1. The summed E-state index contributed by atoms with van der Waals surface area (Å²) in [7, 11) is 1.13. The average molecular weight is 572 g/mol. The minimum absolute atomic E-state index is 0.236. The molecule has 15 heteroatoms. The van der Waals surface area contributed by atoms with Crippen molar-refractivity contribution in [2.24, 2.45) is 10.9 Å². The molecule has 0 aromatic carbocycles. The van der Waals surface area contributed by atoms with Crippen molar-refractivity contribution in [2.45, 2.75) is 90.9 Å². The number of guanidine groups is 1. The summed E-state index contributed by atoms with van der Waals surface area (Å²) in [6.07, 6.45) is -4.89. The maximum absolute atomic E-state index is 12.5. The summed E-state index contributed by atoms with van der Waals surface area (Å²) >= 11 is 0. The third-order valence-electron chi connectivity index (χ3n) is 5.15. The maximum Gasteiger partial charge on any atom is 0.508 e. The van der Waals surface area contributed by atoms with Crippen molar-refractivity contribution in [3.8, 4) is 0 Å². The van der Waals surface area contributed by atoms with E-state index in [2.05, 4.69) is 15.6 Å². The fourth-order valence-electron chi connectivity index (χ4n) is 3.63. The predicted molar refractivity (Wildman–Crippen MR) is 136 cm³/mol. The molecule has 15 nitrogen and oxygen atoms in total. The molecule has 0 radical (unpaired) electrons. The summed E-state index contributed by atoms with van der Waals surface area (Å²) in [5.74, 6) is -2.94. The number of alkyl carbamates (subject to hydrolysis) is 2. The molecule has 5 atom stereocenters. The van der Waals surface area contributed by atoms with Crippen molar-refractivity contribution in [1.82, 2.24) is 10.6 Å². The Balaban J connectivity index is 2.51. The molecule has 0 saturated carbocycles. The van der Waals surface area contributed by atoms with Gasteiger partial charge in [0.05, 0.1) is 13.2 Å². The standard InChI is InChI=1S/C25H37N3O12/c1-12-14(26-20(27-21(31)39-24(3,4)5)28-22(32)40-25(6,7)8)10-15(19(30)34-9)37-17(12)18(36-13(2)29)16-11-35-23(33)38-16/h10,12,14,16-18H,11H2,1-9H3,(H2,26,27,28,31,32)/t12-,14+,16-,17-,18-/m1/s1. The molecule has 2 N–H and O–H groups in total. The first-order valence-corrected chi connectivity index (χ1v) is 12.4. The average Bonchev–Trinajstić information content (AvgIpc) is 3.21. The monoisotopic (exact) mass is 571 g/mol. The van der Waals surface area contributed by atoms with E-state index < -0.39 is 71.8 Å². The van der Waals surface area contributed by atoms with Crippen LogP contribution in [-0.4, -0.2) is 85.5 Å². The van der Waals surface area contributed by atoms with Gasteiger partial charge in [0.25, 0.3) is 0 Å². The number of hydrogen-bond donors (Lipinski definition) is 2. The first-order valence-electron chi connectivity index (χ1n) is 12.4. The van der Waals surface area contributed by atoms with E-state index in [1.54, 1.807) is 48.5 Å². The van der Waals surface area contributed by atoms with Gasteiger partial charge in [-0.15, -0.1) is 0 Å². The number of aliphatic imine (C=N–C) groups is 1. The van der Waals surface area contributed by atoms with Crippen LogP contribution in [0.5, 0.6) is 0 Å². The van der Waals surface area contributed by atoms with Crippen LogP contribution in [0.4, 0.5) is 14.4 Å². The van der Waals surface area contributed by atoms with Crippen LogP contribution in [0.25, 0.3) is 0 Å². The van der Waals surface area contributed by atoms with Crippen molar-refractivity contribution in [2.75, 3.05) is 13.7 Å². The van der Waals surface area contributed by atoms with Gasteiger partial charge in [0.2, 0.25) is 11.7 Å². The summed E-state index contributed by atoms with van der Waals surface area (Å²) in [4.78, 5) is 65.5. The number of carbonyl (C=O) groups excluding carboxylic acids is 5. The Morgan fingerprint density at radius 2 is 1.55 bits per heavy atom. The highest BCUT2D eigenvalue weighted by Crippen LogP contribution is 2.32. The lowest BCUT2D eigenvalue weighted by Gasteiger charge is -2.38. The fourth-order valence-corrected chi connectivity index (χ4v) is 3.63. The number of rotatable bonds is 5. The highest BCUT2D eigenvalue weighted by molar-refractivity contribution is 6.01. The third-order valence-corrected chi connectivity index (χ3v) is 5.15. The zero-order chi connectivity index (χ0) is 30.4. The van der Waals surface area contributed by atoms with Gasteiger partial charge in [-0.3, -0.25) is 15.4 Å². The van der Waals surface area contributed by atoms with Crippen LogP contribution >= 0.6 is 0 Å². The summed E-state index contributed by atoms with van der Waals surface area (Å²) in [5.41, 5.74) is -1.73. The smallest absolute Gasteiger partial charge is 0.479 e. The minimum atomic E-state index is -1.22. The second-order valence-electron chi connectivity index (χ2n) is 11.0. The number of carbonyl (C=O) groups is 5. The van der Waals surface area contributed by atoms with Crippen LogP contribution in [0.2, 0.25) is 0 Å². The number of nitrogens with zero attached hydrogens (tertiary/aromatic N) is 1. The molecule has 1 saturated heterocycles. The van der Waals surface area contributed by atoms with Gasteiger partial charge in [-0.2, -0.15) is 0 Å². The van der Waals surface area contributed by atoms with E-state index in [1.807, 2.05) is 0 Å². The Bertz CT molecular complexity index is 1020. The number of nitrogens with one attached hydrogen (secondary N) is 2. The van der Waals surface area contributed by atoms with E-state index in [0.29, 0.717) is 0 Å². The molecule has 2 heterocycles. The molecule has 40 heavy (non-hydrogen) atoms. The van der Waals surface area contributed by atoms with Crippen LogP contribution in [0.3, 0.4) is 0 Å². The number of cyclic esters (lactones) is 2. The van der Waals surface area contributed by atoms with E-state index in [9.17, 15) is 24.0 Å². The molecule has 1 fully saturated rings. The molecule has 0 aromatic rings. The SMILES string of the molecule is COC(=O)C1=C[C@H](N=C(NC(=O)OC(C)(C)C)NC(=O)OC(C)(C)C)[C@@H](C)[C@H]([C@H](OC(C)=O)[C@H]2COC(=O)O2)O1. The second kappa shape index (κ2) is 12.9. The molecule has 2 aliphatic rings. The summed E-state index contributed by atoms with van der Waals surface area (Å²) in [6.45, 7) is 12.5. The van der Waals surface area contributed by atoms with E-state index >= 15 is 0 Å². The van der Waals surface area contributed by atoms with Gasteiger partial charge >= 0.3 is 30.3 Å². The Labute approximate surface area is 231 Å². The fraction of sp³-hybridized carbons (Fsp3) is 0.680.